The zero-order valence-electron chi connectivity index (χ0n) is 4.61. The molecule has 0 atom stereocenters. The summed E-state index contributed by atoms with van der Waals surface area (Å²) >= 11 is 0. The maximum atomic E-state index is 2.51. The van der Waals surface area contributed by atoms with Crippen LogP contribution in [0.4, 0.5) is 0 Å². The molecule has 2 aliphatic rings. The smallest absolute Gasteiger partial charge is 0.0266 e. The minimum atomic E-state index is 0.819. The lowest BCUT2D eigenvalue weighted by atomic mass is 9.56. The van der Waals surface area contributed by atoms with Crippen molar-refractivity contribution in [1.82, 2.24) is 0 Å². The molecule has 0 aromatic heterocycles. The van der Waals surface area contributed by atoms with E-state index in [4.69, 9.17) is 0 Å². The first-order valence-electron chi connectivity index (χ1n) is 3.26. The second-order valence-electron chi connectivity index (χ2n) is 2.96. The van der Waals surface area contributed by atoms with Crippen molar-refractivity contribution in [3.05, 3.63) is 6.42 Å². The molecule has 1 radical (unpaired) electrons. The Bertz CT molecular complexity index is 60.5. The molecule has 7 heavy (non-hydrogen) atoms. The standard InChI is InChI=1S/C7H11/c1-3-7(4-1)5-2-6-7/h3H,1-2,4-6H2. The fourth-order valence-electron chi connectivity index (χ4n) is 1.64. The molecule has 0 aromatic rings. The molecule has 0 saturated heterocycles. The molecule has 0 unspecified atom stereocenters. The van der Waals surface area contributed by atoms with Gasteiger partial charge in [0.25, 0.3) is 0 Å². The first-order valence-corrected chi connectivity index (χ1v) is 3.26. The average molecular weight is 95.2 g/mol. The predicted octanol–water partition coefficient (Wildman–Crippen LogP) is 2.15. The maximum absolute atomic E-state index is 2.51. The molecule has 0 heteroatoms. The van der Waals surface area contributed by atoms with Crippen LogP contribution in [-0.4, -0.2) is 0 Å². The fraction of sp³-hybridized carbons (Fsp3) is 0.857. The molecular formula is C7H11. The summed E-state index contributed by atoms with van der Waals surface area (Å²) in [5, 5.41) is 0. The molecule has 1 spiro atoms. The van der Waals surface area contributed by atoms with E-state index in [1.54, 1.807) is 0 Å². The molecule has 2 aliphatic carbocycles. The fourth-order valence-corrected chi connectivity index (χ4v) is 1.64. The Balaban J connectivity index is 2.00. The van der Waals surface area contributed by atoms with Gasteiger partial charge in [-0.25, -0.2) is 0 Å². The maximum Gasteiger partial charge on any atom is -0.0266 e. The Hall–Kier alpha value is 0. The van der Waals surface area contributed by atoms with E-state index in [1.165, 1.54) is 32.1 Å². The summed E-state index contributed by atoms with van der Waals surface area (Å²) in [7, 11) is 0. The van der Waals surface area contributed by atoms with Crippen molar-refractivity contribution in [2.24, 2.45) is 5.41 Å². The van der Waals surface area contributed by atoms with E-state index in [0.29, 0.717) is 0 Å². The zero-order valence-corrected chi connectivity index (χ0v) is 4.61. The van der Waals surface area contributed by atoms with Crippen molar-refractivity contribution in [3.63, 3.8) is 0 Å². The summed E-state index contributed by atoms with van der Waals surface area (Å²) in [5.41, 5.74) is 0.819. The zero-order chi connectivity index (χ0) is 4.74. The Labute approximate surface area is 44.9 Å². The highest BCUT2D eigenvalue weighted by Gasteiger charge is 2.41. The topological polar surface area (TPSA) is 0 Å². The van der Waals surface area contributed by atoms with Gasteiger partial charge in [-0.2, -0.15) is 0 Å². The number of hydrogen-bond acceptors (Lipinski definition) is 0. The van der Waals surface area contributed by atoms with Crippen LogP contribution in [-0.2, 0) is 0 Å². The molecule has 0 bridgehead atoms. The van der Waals surface area contributed by atoms with Crippen LogP contribution in [0.25, 0.3) is 0 Å². The minimum Gasteiger partial charge on any atom is -0.0522 e. The summed E-state index contributed by atoms with van der Waals surface area (Å²) in [5.74, 6) is 0. The first-order chi connectivity index (χ1) is 3.41. The summed E-state index contributed by atoms with van der Waals surface area (Å²) in [6, 6.07) is 0. The van der Waals surface area contributed by atoms with Gasteiger partial charge >= 0.3 is 0 Å². The first kappa shape index (κ1) is 3.94. The lowest BCUT2D eigenvalue weighted by Gasteiger charge is -2.49. The number of hydrogen-bond donors (Lipinski definition) is 0. The van der Waals surface area contributed by atoms with Gasteiger partial charge in [0.1, 0.15) is 0 Å². The van der Waals surface area contributed by atoms with Gasteiger partial charge in [-0.15, -0.1) is 0 Å². The summed E-state index contributed by atoms with van der Waals surface area (Å²) in [6.45, 7) is 0. The molecular weight excluding hydrogens is 84.1 g/mol. The Kier molecular flexibility index (Phi) is 0.586. The second-order valence-corrected chi connectivity index (χ2v) is 2.96. The predicted molar refractivity (Wildman–Crippen MR) is 29.8 cm³/mol. The van der Waals surface area contributed by atoms with Crippen LogP contribution < -0.4 is 0 Å². The highest BCUT2D eigenvalue weighted by Crippen LogP contribution is 2.54. The van der Waals surface area contributed by atoms with Gasteiger partial charge in [-0.3, -0.25) is 0 Å². The Morgan fingerprint density at radius 2 is 1.86 bits per heavy atom. The van der Waals surface area contributed by atoms with Gasteiger partial charge in [0.05, 0.1) is 0 Å². The lowest BCUT2D eigenvalue weighted by molar-refractivity contribution is 0.102. The lowest BCUT2D eigenvalue weighted by Crippen LogP contribution is -2.36. The van der Waals surface area contributed by atoms with Crippen LogP contribution in [0, 0.1) is 11.8 Å². The van der Waals surface area contributed by atoms with E-state index >= 15 is 0 Å². The van der Waals surface area contributed by atoms with Crippen LogP contribution in [0.1, 0.15) is 32.1 Å². The second kappa shape index (κ2) is 1.04. The van der Waals surface area contributed by atoms with Crippen LogP contribution >= 0.6 is 0 Å². The number of rotatable bonds is 0. The third kappa shape index (κ3) is 0.375. The average Bonchev–Trinajstić information content (AvgIpc) is 1.20. The molecule has 2 rings (SSSR count). The van der Waals surface area contributed by atoms with Crippen LogP contribution in [0.3, 0.4) is 0 Å². The minimum absolute atomic E-state index is 0.819. The molecule has 0 aliphatic heterocycles. The Morgan fingerprint density at radius 3 is 1.86 bits per heavy atom. The van der Waals surface area contributed by atoms with Crippen molar-refractivity contribution in [1.29, 1.82) is 0 Å². The molecule has 0 heterocycles. The van der Waals surface area contributed by atoms with E-state index in [0.717, 1.165) is 5.41 Å². The Morgan fingerprint density at radius 1 is 1.14 bits per heavy atom. The van der Waals surface area contributed by atoms with E-state index in [-0.39, 0.29) is 0 Å². The summed E-state index contributed by atoms with van der Waals surface area (Å²) in [4.78, 5) is 0. The van der Waals surface area contributed by atoms with Gasteiger partial charge in [-0.05, 0) is 37.5 Å². The molecule has 0 amide bonds. The van der Waals surface area contributed by atoms with Crippen molar-refractivity contribution in [3.8, 4) is 0 Å². The molecule has 0 nitrogen and oxygen atoms in total. The largest absolute Gasteiger partial charge is 0.0522 e. The molecule has 2 saturated carbocycles. The van der Waals surface area contributed by atoms with E-state index in [9.17, 15) is 0 Å². The van der Waals surface area contributed by atoms with Crippen molar-refractivity contribution in [2.45, 2.75) is 32.1 Å². The van der Waals surface area contributed by atoms with Gasteiger partial charge in [0.15, 0.2) is 0 Å². The van der Waals surface area contributed by atoms with Crippen LogP contribution in [0.2, 0.25) is 0 Å². The van der Waals surface area contributed by atoms with Gasteiger partial charge < -0.3 is 0 Å². The molecule has 2 fully saturated rings. The van der Waals surface area contributed by atoms with Gasteiger partial charge in [0.2, 0.25) is 0 Å². The van der Waals surface area contributed by atoms with Crippen molar-refractivity contribution < 1.29 is 0 Å². The molecule has 0 aromatic carbocycles. The third-order valence-electron chi connectivity index (χ3n) is 2.57. The summed E-state index contributed by atoms with van der Waals surface area (Å²) in [6.07, 6.45) is 9.93. The van der Waals surface area contributed by atoms with Crippen molar-refractivity contribution in [2.75, 3.05) is 0 Å². The van der Waals surface area contributed by atoms with Gasteiger partial charge in [-0.1, -0.05) is 6.42 Å². The third-order valence-corrected chi connectivity index (χ3v) is 2.57. The quantitative estimate of drug-likeness (QED) is 0.432. The highest BCUT2D eigenvalue weighted by molar-refractivity contribution is 5.06. The normalized spacial score (nSPS) is 34.3. The molecule has 39 valence electrons. The van der Waals surface area contributed by atoms with Crippen molar-refractivity contribution >= 4 is 0 Å². The van der Waals surface area contributed by atoms with Gasteiger partial charge in [0, 0.05) is 0 Å². The van der Waals surface area contributed by atoms with E-state index in [1.807, 2.05) is 0 Å². The van der Waals surface area contributed by atoms with Crippen LogP contribution in [0.15, 0.2) is 0 Å². The highest BCUT2D eigenvalue weighted by atomic mass is 14.5. The SMILES string of the molecule is [CH]1CCC12CCC2. The molecule has 0 N–H and O–H groups in total. The summed E-state index contributed by atoms with van der Waals surface area (Å²) < 4.78 is 0. The van der Waals surface area contributed by atoms with Crippen LogP contribution in [0.5, 0.6) is 0 Å². The monoisotopic (exact) mass is 95.1 g/mol. The van der Waals surface area contributed by atoms with E-state index in [2.05, 4.69) is 6.42 Å². The van der Waals surface area contributed by atoms with E-state index < -0.39 is 0 Å².